The van der Waals surface area contributed by atoms with E-state index in [0.29, 0.717) is 41.5 Å². The fourth-order valence-corrected chi connectivity index (χ4v) is 5.69. The van der Waals surface area contributed by atoms with E-state index in [0.717, 1.165) is 38.5 Å². The fraction of sp³-hybridized carbons (Fsp3) is 0.419. The van der Waals surface area contributed by atoms with Crippen molar-refractivity contribution in [3.8, 4) is 16.9 Å². The van der Waals surface area contributed by atoms with E-state index in [2.05, 4.69) is 23.8 Å². The molecule has 0 aliphatic heterocycles. The van der Waals surface area contributed by atoms with E-state index >= 15 is 0 Å². The molecule has 1 atom stereocenters. The Morgan fingerprint density at radius 2 is 1.71 bits per heavy atom. The summed E-state index contributed by atoms with van der Waals surface area (Å²) in [5.41, 5.74) is 7.93. The normalized spacial score (nSPS) is 12.7. The highest BCUT2D eigenvalue weighted by Crippen LogP contribution is 2.35. The van der Waals surface area contributed by atoms with Gasteiger partial charge in [-0.1, -0.05) is 77.0 Å². The summed E-state index contributed by atoms with van der Waals surface area (Å²) >= 11 is 0. The summed E-state index contributed by atoms with van der Waals surface area (Å²) in [6.07, 6.45) is 7.27. The maximum Gasteiger partial charge on any atom is 0.360 e. The third kappa shape index (κ3) is 12.2. The quantitative estimate of drug-likeness (QED) is 0.0332. The van der Waals surface area contributed by atoms with Crippen molar-refractivity contribution < 1.29 is 42.9 Å². The van der Waals surface area contributed by atoms with Crippen molar-refractivity contribution in [2.24, 2.45) is 17.6 Å². The third-order valence-corrected chi connectivity index (χ3v) is 9.38. The largest absolute Gasteiger partial charge is 0.496 e. The van der Waals surface area contributed by atoms with Crippen molar-refractivity contribution in [2.75, 3.05) is 27.1 Å². The van der Waals surface area contributed by atoms with E-state index in [4.69, 9.17) is 30.1 Å². The van der Waals surface area contributed by atoms with Crippen molar-refractivity contribution in [2.45, 2.75) is 78.2 Å². The summed E-state index contributed by atoms with van der Waals surface area (Å²) in [6.45, 7) is 9.50. The number of amides is 1. The monoisotopic (exact) mass is 768 g/mol. The van der Waals surface area contributed by atoms with Crippen LogP contribution in [0, 0.1) is 17.2 Å². The number of ketones is 1. The number of nitrogens with one attached hydrogen (secondary N) is 2. The molecular weight excluding hydrogens is 716 g/mol. The molecule has 1 aliphatic rings. The molecule has 56 heavy (non-hydrogen) atoms. The molecule has 1 aromatic heterocycles. The smallest absolute Gasteiger partial charge is 0.360 e. The zero-order valence-electron chi connectivity index (χ0n) is 32.6. The Morgan fingerprint density at radius 1 is 0.982 bits per heavy atom. The first-order valence-corrected chi connectivity index (χ1v) is 19.0. The van der Waals surface area contributed by atoms with Crippen LogP contribution in [0.3, 0.4) is 0 Å². The van der Waals surface area contributed by atoms with Gasteiger partial charge in [-0.05, 0) is 72.1 Å². The Balaban J connectivity index is 1.61. The zero-order chi connectivity index (χ0) is 40.8. The molecule has 298 valence electrons. The van der Waals surface area contributed by atoms with Gasteiger partial charge in [0.2, 0.25) is 6.79 Å². The van der Waals surface area contributed by atoms with Gasteiger partial charge in [-0.15, -0.1) is 0 Å². The van der Waals surface area contributed by atoms with Gasteiger partial charge in [-0.3, -0.25) is 19.2 Å². The molecule has 0 spiro atoms. The molecule has 3 aromatic rings. The second-order valence-corrected chi connectivity index (χ2v) is 14.1. The van der Waals surface area contributed by atoms with Crippen molar-refractivity contribution in [1.82, 2.24) is 10.3 Å². The highest BCUT2D eigenvalue weighted by atomic mass is 16.7. The summed E-state index contributed by atoms with van der Waals surface area (Å²) < 4.78 is 21.3. The lowest BCUT2D eigenvalue weighted by Gasteiger charge is -2.17. The number of nitrogens with zero attached hydrogens (tertiary/aromatic N) is 1. The molecule has 0 radical (unpaired) electrons. The highest BCUT2D eigenvalue weighted by Gasteiger charge is 2.27. The molecule has 1 saturated carbocycles. The highest BCUT2D eigenvalue weighted by molar-refractivity contribution is 6.09. The van der Waals surface area contributed by atoms with Crippen molar-refractivity contribution in [3.05, 3.63) is 88.8 Å². The lowest BCUT2D eigenvalue weighted by atomic mass is 9.90. The van der Waals surface area contributed by atoms with Crippen LogP contribution < -0.4 is 15.8 Å². The molecule has 0 unspecified atom stereocenters. The molecule has 13 nitrogen and oxygen atoms in total. The van der Waals surface area contributed by atoms with Crippen LogP contribution in [0.1, 0.15) is 114 Å². The molecule has 1 heterocycles. The predicted octanol–water partition coefficient (Wildman–Crippen LogP) is 6.49. The molecule has 1 aliphatic carbocycles. The van der Waals surface area contributed by atoms with Crippen LogP contribution in [0.15, 0.2) is 55.1 Å². The molecule has 1 fully saturated rings. The van der Waals surface area contributed by atoms with Gasteiger partial charge in [0.15, 0.2) is 11.5 Å². The number of benzene rings is 2. The first-order valence-electron chi connectivity index (χ1n) is 19.0. The van der Waals surface area contributed by atoms with Crippen LogP contribution in [-0.4, -0.2) is 73.4 Å². The fourth-order valence-electron chi connectivity index (χ4n) is 5.69. The van der Waals surface area contributed by atoms with Crippen LogP contribution in [0.2, 0.25) is 0 Å². The van der Waals surface area contributed by atoms with E-state index < -0.39 is 36.6 Å². The zero-order valence-corrected chi connectivity index (χ0v) is 32.6. The van der Waals surface area contributed by atoms with E-state index in [1.54, 1.807) is 50.2 Å². The van der Waals surface area contributed by atoms with Gasteiger partial charge in [-0.25, -0.2) is 9.78 Å². The number of carbonyl (C=O) groups is 5. The average molecular weight is 769 g/mol. The molecule has 1 amide bonds. The maximum absolute atomic E-state index is 14.1. The van der Waals surface area contributed by atoms with E-state index in [1.165, 1.54) is 25.3 Å². The first kappa shape index (κ1) is 43.0. The number of ether oxygens (including phenoxy) is 4. The Bertz CT molecular complexity index is 1920. The number of unbranched alkanes of at least 4 members (excludes halogenated alkanes) is 3. The Morgan fingerprint density at radius 3 is 2.36 bits per heavy atom. The predicted molar refractivity (Wildman–Crippen MR) is 212 cm³/mol. The number of methoxy groups -OCH3 is 1. The Labute approximate surface area is 327 Å². The van der Waals surface area contributed by atoms with Gasteiger partial charge in [-0.2, -0.15) is 0 Å². The lowest BCUT2D eigenvalue weighted by Crippen LogP contribution is -2.37. The van der Waals surface area contributed by atoms with Gasteiger partial charge in [0, 0.05) is 35.4 Å². The summed E-state index contributed by atoms with van der Waals surface area (Å²) in [7, 11) is 1.46. The summed E-state index contributed by atoms with van der Waals surface area (Å²) in [4.78, 5) is 69.8. The van der Waals surface area contributed by atoms with Gasteiger partial charge in [0.1, 0.15) is 17.5 Å². The van der Waals surface area contributed by atoms with Crippen LogP contribution in [0.5, 0.6) is 5.75 Å². The number of pyridine rings is 1. The maximum atomic E-state index is 14.1. The molecular formula is C43H52N4O9. The molecule has 4 N–H and O–H groups in total. The molecule has 0 saturated heterocycles. The van der Waals surface area contributed by atoms with E-state index in [-0.39, 0.29) is 58.3 Å². The Kier molecular flexibility index (Phi) is 16.0. The van der Waals surface area contributed by atoms with Crippen molar-refractivity contribution >= 4 is 41.4 Å². The summed E-state index contributed by atoms with van der Waals surface area (Å²) in [5.74, 6) is -2.50. The van der Waals surface area contributed by atoms with Crippen LogP contribution in [0.4, 0.5) is 0 Å². The van der Waals surface area contributed by atoms with Crippen molar-refractivity contribution in [1.29, 1.82) is 5.41 Å². The number of hydrogen-bond acceptors (Lipinski definition) is 12. The SMILES string of the molecule is C=Cc1cc(C(=O)Cc2ccc(C(=N)CC(=O)OCCCCCC)cc2)c(-c2ccc(C(=O)NCC3CC3)nc2C(=O)OCOC(=O)[C@@H](N)C(C)C)cc1OC. The summed E-state index contributed by atoms with van der Waals surface area (Å²) in [6, 6.07) is 12.0. The average Bonchev–Trinajstić information content (AvgIpc) is 4.03. The van der Waals surface area contributed by atoms with Gasteiger partial charge < -0.3 is 35.4 Å². The summed E-state index contributed by atoms with van der Waals surface area (Å²) in [5, 5.41) is 11.2. The van der Waals surface area contributed by atoms with Crippen LogP contribution in [0.25, 0.3) is 17.2 Å². The number of esters is 3. The van der Waals surface area contributed by atoms with Crippen molar-refractivity contribution in [3.63, 3.8) is 0 Å². The minimum absolute atomic E-state index is 0.0476. The number of hydrogen-bond donors (Lipinski definition) is 3. The Hall–Kier alpha value is -5.69. The van der Waals surface area contributed by atoms with Crippen LogP contribution >= 0.6 is 0 Å². The number of nitrogens with two attached hydrogens (primary N) is 1. The third-order valence-electron chi connectivity index (χ3n) is 9.38. The number of Topliss-reactive ketones (excluding diaryl/α,β-unsaturated/α-hetero) is 1. The first-order chi connectivity index (χ1) is 26.9. The van der Waals surface area contributed by atoms with Gasteiger partial charge in [0.05, 0.1) is 20.1 Å². The minimum Gasteiger partial charge on any atom is -0.496 e. The van der Waals surface area contributed by atoms with Crippen LogP contribution in [-0.2, 0) is 30.2 Å². The second kappa shape index (κ2) is 20.8. The van der Waals surface area contributed by atoms with Gasteiger partial charge in [0.25, 0.3) is 5.91 Å². The molecule has 4 rings (SSSR count). The molecule has 13 heteroatoms. The van der Waals surface area contributed by atoms with E-state index in [9.17, 15) is 24.0 Å². The number of carbonyl (C=O) groups excluding carboxylic acids is 5. The standard InChI is InChI=1S/C43H52N4O9/c1-6-8-9-10-19-54-38(49)23-34(44)30-15-13-27(14-16-30)20-36(48)33-21-29(7-2)37(53-5)22-32(33)31-17-18-35(41(50)46-24-28-11-12-28)47-40(31)43(52)56-25-55-42(51)39(45)26(3)4/h7,13-18,21-22,26,28,39,44H,2,6,8-12,19-20,23-25,45H2,1,3-5H3,(H,46,50)/t39-/m0/s1. The number of rotatable bonds is 22. The number of aromatic nitrogens is 1. The minimum atomic E-state index is -1.01. The molecule has 2 aromatic carbocycles. The van der Waals surface area contributed by atoms with E-state index in [1.807, 2.05) is 0 Å². The second-order valence-electron chi connectivity index (χ2n) is 14.1. The lowest BCUT2D eigenvalue weighted by molar-refractivity contribution is -0.154. The topological polar surface area (TPSA) is 197 Å². The van der Waals surface area contributed by atoms with Gasteiger partial charge >= 0.3 is 17.9 Å². The molecule has 0 bridgehead atoms.